The smallest absolute Gasteiger partial charge is 0.164 e. The molecule has 3 aromatic heterocycles. The summed E-state index contributed by atoms with van der Waals surface area (Å²) >= 11 is 0. The van der Waals surface area contributed by atoms with E-state index in [1.807, 2.05) is 72.8 Å². The second-order valence-electron chi connectivity index (χ2n) is 12.0. The number of hydrogen-bond acceptors (Lipinski definition) is 4. The first-order valence-electron chi connectivity index (χ1n) is 16.0. The highest BCUT2D eigenvalue weighted by atomic mass is 16.3. The molecule has 0 radical (unpaired) electrons. The number of hydrogen-bond donors (Lipinski definition) is 0. The van der Waals surface area contributed by atoms with Gasteiger partial charge in [0.2, 0.25) is 0 Å². The van der Waals surface area contributed by atoms with Gasteiger partial charge in [0.05, 0.1) is 11.0 Å². The highest BCUT2D eigenvalue weighted by Gasteiger charge is 2.23. The average Bonchev–Trinajstić information content (AvgIpc) is 3.71. The molecular formula is C43H26N4O. The first-order valence-corrected chi connectivity index (χ1v) is 16.0. The van der Waals surface area contributed by atoms with Crippen molar-refractivity contribution >= 4 is 54.5 Å². The molecule has 224 valence electrons. The van der Waals surface area contributed by atoms with Crippen LogP contribution in [0.2, 0.25) is 0 Å². The van der Waals surface area contributed by atoms with Gasteiger partial charge >= 0.3 is 0 Å². The van der Waals surface area contributed by atoms with Crippen molar-refractivity contribution in [2.75, 3.05) is 0 Å². The minimum absolute atomic E-state index is 0.606. The Labute approximate surface area is 275 Å². The fourth-order valence-corrected chi connectivity index (χ4v) is 7.10. The Morgan fingerprint density at radius 1 is 0.417 bits per heavy atom. The van der Waals surface area contributed by atoms with E-state index < -0.39 is 0 Å². The number of fused-ring (bicyclic) bond motifs is 9. The van der Waals surface area contributed by atoms with Gasteiger partial charge in [0, 0.05) is 49.3 Å². The molecule has 0 bridgehead atoms. The Morgan fingerprint density at radius 2 is 0.979 bits per heavy atom. The van der Waals surface area contributed by atoms with E-state index in [1.165, 1.54) is 0 Å². The molecule has 5 heteroatoms. The summed E-state index contributed by atoms with van der Waals surface area (Å²) in [6.07, 6.45) is 0. The number of benzene rings is 7. The van der Waals surface area contributed by atoms with Crippen LogP contribution in [0.15, 0.2) is 162 Å². The summed E-state index contributed by atoms with van der Waals surface area (Å²) in [5, 5.41) is 6.54. The highest BCUT2D eigenvalue weighted by Crippen LogP contribution is 2.45. The van der Waals surface area contributed by atoms with Crippen molar-refractivity contribution in [1.82, 2.24) is 19.5 Å². The third-order valence-corrected chi connectivity index (χ3v) is 9.23. The van der Waals surface area contributed by atoms with Crippen molar-refractivity contribution in [2.45, 2.75) is 0 Å². The predicted molar refractivity (Wildman–Crippen MR) is 195 cm³/mol. The molecule has 0 spiro atoms. The minimum Gasteiger partial charge on any atom is -0.455 e. The van der Waals surface area contributed by atoms with E-state index >= 15 is 0 Å². The Hall–Kier alpha value is -6.59. The van der Waals surface area contributed by atoms with E-state index in [2.05, 4.69) is 89.5 Å². The van der Waals surface area contributed by atoms with Crippen LogP contribution in [-0.2, 0) is 0 Å². The molecule has 0 N–H and O–H groups in total. The predicted octanol–water partition coefficient (Wildman–Crippen LogP) is 11.0. The largest absolute Gasteiger partial charge is 0.455 e. The average molecular weight is 615 g/mol. The maximum atomic E-state index is 6.75. The van der Waals surface area contributed by atoms with Crippen LogP contribution in [0.25, 0.3) is 94.4 Å². The number of furan rings is 1. The molecule has 0 saturated carbocycles. The molecule has 3 heterocycles. The van der Waals surface area contributed by atoms with Gasteiger partial charge in [-0.3, -0.25) is 0 Å². The third-order valence-electron chi connectivity index (χ3n) is 9.23. The molecule has 0 fully saturated rings. The van der Waals surface area contributed by atoms with Crippen LogP contribution in [0.4, 0.5) is 0 Å². The fourth-order valence-electron chi connectivity index (χ4n) is 7.10. The maximum Gasteiger partial charge on any atom is 0.164 e. The lowest BCUT2D eigenvalue weighted by Crippen LogP contribution is -2.01. The fraction of sp³-hybridized carbons (Fsp3) is 0. The number of rotatable bonds is 4. The zero-order chi connectivity index (χ0) is 31.6. The van der Waals surface area contributed by atoms with Crippen molar-refractivity contribution in [2.24, 2.45) is 0 Å². The minimum atomic E-state index is 0.606. The van der Waals surface area contributed by atoms with E-state index in [0.29, 0.717) is 17.5 Å². The monoisotopic (exact) mass is 614 g/mol. The molecular weight excluding hydrogens is 589 g/mol. The standard InChI is InChI=1S/C43H26N4O/c1-4-14-27(15-5-1)41-44-42(28-16-6-2-7-17-28)46-43(45-41)34-26-36-38(33-21-10-12-22-35(33)47(36)29-18-8-3-9-19-29)39-31(34)24-25-32-30-20-11-13-23-37(30)48-40(32)39/h1-26H. The van der Waals surface area contributed by atoms with E-state index in [9.17, 15) is 0 Å². The van der Waals surface area contributed by atoms with Crippen molar-refractivity contribution in [1.29, 1.82) is 0 Å². The normalized spacial score (nSPS) is 11.8. The second-order valence-corrected chi connectivity index (χ2v) is 12.0. The Morgan fingerprint density at radius 3 is 1.69 bits per heavy atom. The van der Waals surface area contributed by atoms with Crippen LogP contribution in [0.3, 0.4) is 0 Å². The van der Waals surface area contributed by atoms with Gasteiger partial charge in [-0.25, -0.2) is 15.0 Å². The van der Waals surface area contributed by atoms with E-state index in [4.69, 9.17) is 19.4 Å². The number of nitrogens with zero attached hydrogens (tertiary/aromatic N) is 4. The topological polar surface area (TPSA) is 56.7 Å². The lowest BCUT2D eigenvalue weighted by molar-refractivity contribution is 0.673. The van der Waals surface area contributed by atoms with E-state index in [1.54, 1.807) is 0 Å². The summed E-state index contributed by atoms with van der Waals surface area (Å²) in [6.45, 7) is 0. The van der Waals surface area contributed by atoms with Crippen LogP contribution < -0.4 is 0 Å². The molecule has 0 atom stereocenters. The van der Waals surface area contributed by atoms with Crippen molar-refractivity contribution in [3.63, 3.8) is 0 Å². The van der Waals surface area contributed by atoms with Gasteiger partial charge in [0.1, 0.15) is 11.2 Å². The summed E-state index contributed by atoms with van der Waals surface area (Å²) in [7, 11) is 0. The Kier molecular flexibility index (Phi) is 5.81. The van der Waals surface area contributed by atoms with Crippen LogP contribution in [0.1, 0.15) is 0 Å². The Bertz CT molecular complexity index is 2760. The van der Waals surface area contributed by atoms with E-state index in [-0.39, 0.29) is 0 Å². The zero-order valence-corrected chi connectivity index (χ0v) is 25.7. The molecule has 10 rings (SSSR count). The van der Waals surface area contributed by atoms with Gasteiger partial charge in [-0.15, -0.1) is 0 Å². The van der Waals surface area contributed by atoms with Crippen LogP contribution in [-0.4, -0.2) is 19.5 Å². The van der Waals surface area contributed by atoms with Crippen LogP contribution in [0.5, 0.6) is 0 Å². The first-order chi connectivity index (χ1) is 23.8. The molecule has 0 saturated heterocycles. The van der Waals surface area contributed by atoms with Gasteiger partial charge in [0.25, 0.3) is 0 Å². The van der Waals surface area contributed by atoms with Gasteiger partial charge < -0.3 is 8.98 Å². The summed E-state index contributed by atoms with van der Waals surface area (Å²) in [6, 6.07) is 54.3. The van der Waals surface area contributed by atoms with Gasteiger partial charge in [-0.2, -0.15) is 0 Å². The Balaban J connectivity index is 1.40. The molecule has 48 heavy (non-hydrogen) atoms. The summed E-state index contributed by atoms with van der Waals surface area (Å²) in [4.78, 5) is 15.3. The van der Waals surface area contributed by atoms with E-state index in [0.717, 1.165) is 76.9 Å². The summed E-state index contributed by atoms with van der Waals surface area (Å²) < 4.78 is 9.09. The van der Waals surface area contributed by atoms with Crippen LogP contribution >= 0.6 is 0 Å². The first kappa shape index (κ1) is 26.6. The SMILES string of the molecule is c1ccc(-c2nc(-c3ccccc3)nc(-c3cc4c(c5ccccc5n4-c4ccccc4)c4c3ccc3c5ccccc5oc34)n2)cc1. The zero-order valence-electron chi connectivity index (χ0n) is 25.7. The summed E-state index contributed by atoms with van der Waals surface area (Å²) in [5.74, 6) is 1.86. The van der Waals surface area contributed by atoms with Gasteiger partial charge in [0.15, 0.2) is 17.5 Å². The molecule has 10 aromatic rings. The number of para-hydroxylation sites is 3. The number of aromatic nitrogens is 4. The third kappa shape index (κ3) is 4.01. The molecule has 0 unspecified atom stereocenters. The molecule has 7 aromatic carbocycles. The van der Waals surface area contributed by atoms with Crippen LogP contribution in [0, 0.1) is 0 Å². The van der Waals surface area contributed by atoms with Crippen molar-refractivity contribution < 1.29 is 4.42 Å². The molecule has 5 nitrogen and oxygen atoms in total. The van der Waals surface area contributed by atoms with Crippen molar-refractivity contribution in [3.05, 3.63) is 158 Å². The van der Waals surface area contributed by atoms with Gasteiger partial charge in [-0.05, 0) is 41.8 Å². The summed E-state index contributed by atoms with van der Waals surface area (Å²) in [5.41, 5.74) is 7.76. The quantitative estimate of drug-likeness (QED) is 0.198. The van der Waals surface area contributed by atoms with Crippen molar-refractivity contribution in [3.8, 4) is 39.9 Å². The molecule has 0 aliphatic carbocycles. The lowest BCUT2D eigenvalue weighted by atomic mass is 9.96. The molecule has 0 aliphatic rings. The molecule has 0 aliphatic heterocycles. The highest BCUT2D eigenvalue weighted by molar-refractivity contribution is 6.31. The maximum absolute atomic E-state index is 6.75. The lowest BCUT2D eigenvalue weighted by Gasteiger charge is -2.13. The van der Waals surface area contributed by atoms with Gasteiger partial charge in [-0.1, -0.05) is 121 Å². The molecule has 0 amide bonds. The second kappa shape index (κ2) is 10.5.